The molecule has 7 atom stereocenters. The third kappa shape index (κ3) is 3.80. The van der Waals surface area contributed by atoms with Crippen molar-refractivity contribution in [2.24, 2.45) is 28.6 Å². The van der Waals surface area contributed by atoms with Gasteiger partial charge in [0.25, 0.3) is 0 Å². The third-order valence-corrected chi connectivity index (χ3v) is 11.1. The van der Waals surface area contributed by atoms with E-state index < -0.39 is 0 Å². The van der Waals surface area contributed by atoms with Crippen LogP contribution >= 0.6 is 0 Å². The van der Waals surface area contributed by atoms with Gasteiger partial charge in [-0.2, -0.15) is 0 Å². The van der Waals surface area contributed by atoms with Crippen LogP contribution in [0.3, 0.4) is 0 Å². The summed E-state index contributed by atoms with van der Waals surface area (Å²) in [4.78, 5) is 25.2. The molecule has 1 unspecified atom stereocenters. The highest BCUT2D eigenvalue weighted by atomic mass is 16.7. The van der Waals surface area contributed by atoms with Gasteiger partial charge in [-0.1, -0.05) is 37.6 Å². The van der Waals surface area contributed by atoms with E-state index in [1.807, 2.05) is 25.4 Å². The van der Waals surface area contributed by atoms with Crippen LogP contribution in [0.1, 0.15) is 77.2 Å². The van der Waals surface area contributed by atoms with Gasteiger partial charge >= 0.3 is 5.97 Å². The molecule has 5 heteroatoms. The van der Waals surface area contributed by atoms with Gasteiger partial charge in [-0.3, -0.25) is 9.88 Å². The number of likely N-dealkylation sites (N-methyl/N-ethyl adjacent to an activating group) is 2. The van der Waals surface area contributed by atoms with Gasteiger partial charge in [0.1, 0.15) is 6.04 Å². The van der Waals surface area contributed by atoms with E-state index in [1.165, 1.54) is 44.1 Å². The molecule has 1 aliphatic heterocycles. The van der Waals surface area contributed by atoms with Gasteiger partial charge in [-0.05, 0) is 117 Å². The molecular formula is C31H43N3O2. The Labute approximate surface area is 216 Å². The molecule has 4 aliphatic carbocycles. The highest BCUT2D eigenvalue weighted by Gasteiger charge is 2.57. The summed E-state index contributed by atoms with van der Waals surface area (Å²) >= 11 is 0. The van der Waals surface area contributed by atoms with Gasteiger partial charge in [-0.25, -0.2) is 4.79 Å². The lowest BCUT2D eigenvalue weighted by Crippen LogP contribution is -2.51. The summed E-state index contributed by atoms with van der Waals surface area (Å²) in [7, 11) is 3.99. The summed E-state index contributed by atoms with van der Waals surface area (Å²) in [5.41, 5.74) is 5.06. The molecule has 2 heterocycles. The van der Waals surface area contributed by atoms with Crippen molar-refractivity contribution in [3.8, 4) is 0 Å². The number of hydrogen-bond acceptors (Lipinski definition) is 5. The number of nitrogens with zero attached hydrogens (tertiary/aromatic N) is 3. The van der Waals surface area contributed by atoms with Crippen LogP contribution in [0.5, 0.6) is 0 Å². The molecule has 0 aromatic carbocycles. The van der Waals surface area contributed by atoms with Crippen LogP contribution in [0.25, 0.3) is 5.57 Å². The van der Waals surface area contributed by atoms with Crippen LogP contribution in [0, 0.1) is 28.6 Å². The summed E-state index contributed by atoms with van der Waals surface area (Å²) in [6.45, 7) is 6.07. The van der Waals surface area contributed by atoms with Gasteiger partial charge in [-0.15, -0.1) is 5.06 Å². The molecule has 0 N–H and O–H groups in total. The Morgan fingerprint density at radius 3 is 2.72 bits per heavy atom. The van der Waals surface area contributed by atoms with Gasteiger partial charge in [0.2, 0.25) is 0 Å². The van der Waals surface area contributed by atoms with Crippen molar-refractivity contribution in [2.45, 2.75) is 83.7 Å². The van der Waals surface area contributed by atoms with E-state index in [4.69, 9.17) is 4.84 Å². The van der Waals surface area contributed by atoms with Crippen LogP contribution in [0.15, 0.2) is 42.3 Å². The number of likely N-dealkylation sites (tertiary alicyclic amines) is 1. The molecule has 5 aliphatic rings. The average molecular weight is 490 g/mol. The Balaban J connectivity index is 1.17. The molecule has 3 fully saturated rings. The predicted molar refractivity (Wildman–Crippen MR) is 143 cm³/mol. The zero-order chi connectivity index (χ0) is 25.1. The fraction of sp³-hybridized carbons (Fsp3) is 0.677. The smallest absolute Gasteiger partial charge is 0.342 e. The van der Waals surface area contributed by atoms with Crippen molar-refractivity contribution < 1.29 is 9.63 Å². The molecule has 0 amide bonds. The van der Waals surface area contributed by atoms with Crippen molar-refractivity contribution in [3.05, 3.63) is 47.8 Å². The van der Waals surface area contributed by atoms with E-state index in [2.05, 4.69) is 54.2 Å². The quantitative estimate of drug-likeness (QED) is 0.390. The van der Waals surface area contributed by atoms with E-state index in [0.29, 0.717) is 0 Å². The second-order valence-corrected chi connectivity index (χ2v) is 12.8. The van der Waals surface area contributed by atoms with Crippen molar-refractivity contribution in [1.82, 2.24) is 14.9 Å². The molecule has 1 aromatic rings. The summed E-state index contributed by atoms with van der Waals surface area (Å²) in [5.74, 6) is 2.21. The van der Waals surface area contributed by atoms with E-state index in [9.17, 15) is 4.79 Å². The first-order valence-corrected chi connectivity index (χ1v) is 14.3. The maximum absolute atomic E-state index is 12.8. The standard InChI is InChI=1S/C31H43N3O2/c1-30-15-13-23(34(4)36-29(35)28-8-6-18-33(28)3)19-22(30)9-10-24-26-12-11-25(21-7-5-17-32-20-21)31(26,2)16-14-27(24)30/h5,7,11,17,19-20,23-24,26-28H,6,8-10,12-16,18H2,1-4H3/t23?,24-,26+,27+,28+,30+,31-/m1/s1. The molecule has 36 heavy (non-hydrogen) atoms. The molecule has 1 aromatic heterocycles. The molecular weight excluding hydrogens is 446 g/mol. The van der Waals surface area contributed by atoms with E-state index in [-0.39, 0.29) is 28.9 Å². The Hall–Kier alpha value is -1.98. The fourth-order valence-electron chi connectivity index (χ4n) is 9.01. The number of pyridine rings is 1. The average Bonchev–Trinajstić information content (AvgIpc) is 3.46. The normalized spacial score (nSPS) is 40.2. The summed E-state index contributed by atoms with van der Waals surface area (Å²) < 4.78 is 0. The van der Waals surface area contributed by atoms with E-state index in [1.54, 1.807) is 11.1 Å². The first kappa shape index (κ1) is 24.4. The molecule has 1 saturated heterocycles. The number of allylic oxidation sites excluding steroid dienone is 3. The van der Waals surface area contributed by atoms with Crippen LogP contribution in [0.4, 0.5) is 0 Å². The number of aromatic nitrogens is 1. The largest absolute Gasteiger partial charge is 0.366 e. The first-order chi connectivity index (χ1) is 17.3. The van der Waals surface area contributed by atoms with Crippen LogP contribution < -0.4 is 0 Å². The van der Waals surface area contributed by atoms with E-state index in [0.717, 1.165) is 43.6 Å². The highest BCUT2D eigenvalue weighted by Crippen LogP contribution is 2.66. The first-order valence-electron chi connectivity index (χ1n) is 14.3. The summed E-state index contributed by atoms with van der Waals surface area (Å²) in [6, 6.07) is 4.43. The van der Waals surface area contributed by atoms with Crippen LogP contribution in [-0.4, -0.2) is 53.6 Å². The molecule has 0 spiro atoms. The predicted octanol–water partition coefficient (Wildman–Crippen LogP) is 5.89. The van der Waals surface area contributed by atoms with Crippen molar-refractivity contribution in [2.75, 3.05) is 20.6 Å². The maximum Gasteiger partial charge on any atom is 0.342 e. The van der Waals surface area contributed by atoms with Gasteiger partial charge < -0.3 is 4.84 Å². The second-order valence-electron chi connectivity index (χ2n) is 12.8. The molecule has 2 saturated carbocycles. The highest BCUT2D eigenvalue weighted by molar-refractivity contribution is 5.76. The van der Waals surface area contributed by atoms with Gasteiger partial charge in [0.05, 0.1) is 6.04 Å². The van der Waals surface area contributed by atoms with Crippen molar-refractivity contribution in [3.63, 3.8) is 0 Å². The maximum atomic E-state index is 12.8. The topological polar surface area (TPSA) is 45.7 Å². The van der Waals surface area contributed by atoms with Crippen molar-refractivity contribution >= 4 is 11.5 Å². The molecule has 6 rings (SSSR count). The third-order valence-electron chi connectivity index (χ3n) is 11.1. The van der Waals surface area contributed by atoms with E-state index >= 15 is 0 Å². The second kappa shape index (κ2) is 9.09. The lowest BCUT2D eigenvalue weighted by atomic mass is 9.46. The molecule has 0 bridgehead atoms. The number of rotatable bonds is 4. The number of fused-ring (bicyclic) bond motifs is 5. The minimum atomic E-state index is -0.0856. The Morgan fingerprint density at radius 2 is 1.97 bits per heavy atom. The number of carbonyl (C=O) groups excluding carboxylic acids is 1. The fourth-order valence-corrected chi connectivity index (χ4v) is 9.01. The number of carbonyl (C=O) groups is 1. The summed E-state index contributed by atoms with van der Waals surface area (Å²) in [6.07, 6.45) is 19.5. The summed E-state index contributed by atoms with van der Waals surface area (Å²) in [5, 5.41) is 1.85. The minimum Gasteiger partial charge on any atom is -0.366 e. The molecule has 5 nitrogen and oxygen atoms in total. The SMILES string of the molecule is CN(OC(=O)[C@@H]1CCCN1C)C1C=C2CC[C@H]3[C@H](CC[C@]4(C)C(c5cccnc5)=CC[C@@H]34)[C@@]2(C)CC1. The zero-order valence-electron chi connectivity index (χ0n) is 22.6. The Kier molecular flexibility index (Phi) is 6.15. The van der Waals surface area contributed by atoms with Gasteiger partial charge in [0, 0.05) is 19.4 Å². The molecule has 0 radical (unpaired) electrons. The lowest BCUT2D eigenvalue weighted by Gasteiger charge is -2.58. The Morgan fingerprint density at radius 1 is 1.14 bits per heavy atom. The number of hydroxylamine groups is 2. The van der Waals surface area contributed by atoms with Crippen LogP contribution in [0.2, 0.25) is 0 Å². The lowest BCUT2D eigenvalue weighted by molar-refractivity contribution is -0.197. The molecule has 194 valence electrons. The Bertz CT molecular complexity index is 1070. The van der Waals surface area contributed by atoms with Crippen LogP contribution in [-0.2, 0) is 9.63 Å². The van der Waals surface area contributed by atoms with Gasteiger partial charge in [0.15, 0.2) is 0 Å². The van der Waals surface area contributed by atoms with Crippen molar-refractivity contribution in [1.29, 1.82) is 0 Å². The number of hydrogen-bond donors (Lipinski definition) is 0. The monoisotopic (exact) mass is 489 g/mol. The zero-order valence-corrected chi connectivity index (χ0v) is 22.6. The minimum absolute atomic E-state index is 0.0855.